The summed E-state index contributed by atoms with van der Waals surface area (Å²) in [4.78, 5) is 29.3. The van der Waals surface area contributed by atoms with E-state index in [9.17, 15) is 9.59 Å². The van der Waals surface area contributed by atoms with Gasteiger partial charge in [0, 0.05) is 42.8 Å². The second-order valence-corrected chi connectivity index (χ2v) is 9.21. The molecular weight excluding hydrogens is 390 g/mol. The number of fused-ring (bicyclic) bond motifs is 1. The maximum absolute atomic E-state index is 12.8. The van der Waals surface area contributed by atoms with Crippen molar-refractivity contribution in [2.45, 2.75) is 26.3 Å². The molecule has 28 heavy (non-hydrogen) atoms. The first-order valence-electron chi connectivity index (χ1n) is 9.51. The van der Waals surface area contributed by atoms with Crippen molar-refractivity contribution in [3.8, 4) is 0 Å². The fourth-order valence-electron chi connectivity index (χ4n) is 3.71. The number of amides is 2. The highest BCUT2D eigenvalue weighted by molar-refractivity contribution is 8.26. The third-order valence-corrected chi connectivity index (χ3v) is 7.02. The molecule has 0 spiro atoms. The normalized spacial score (nSPS) is 20.0. The summed E-state index contributed by atoms with van der Waals surface area (Å²) in [6.45, 7) is 4.24. The average molecular weight is 414 g/mol. The Morgan fingerprint density at radius 2 is 2.00 bits per heavy atom. The number of carbonyl (C=O) groups excluding carboxylic acids is 2. The van der Waals surface area contributed by atoms with Crippen molar-refractivity contribution in [3.05, 3.63) is 40.9 Å². The lowest BCUT2D eigenvalue weighted by Gasteiger charge is -2.30. The Morgan fingerprint density at radius 1 is 1.29 bits per heavy atom. The van der Waals surface area contributed by atoms with E-state index < -0.39 is 0 Å². The number of likely N-dealkylation sites (N-methyl/N-ethyl adjacent to an activating group) is 1. The maximum Gasteiger partial charge on any atom is 0.265 e. The van der Waals surface area contributed by atoms with Gasteiger partial charge in [-0.1, -0.05) is 49.1 Å². The molecule has 2 fully saturated rings. The van der Waals surface area contributed by atoms with E-state index in [1.807, 2.05) is 46.0 Å². The molecule has 0 radical (unpaired) electrons. The van der Waals surface area contributed by atoms with Gasteiger partial charge in [-0.3, -0.25) is 14.5 Å². The molecule has 0 N–H and O–H groups in total. The summed E-state index contributed by atoms with van der Waals surface area (Å²) in [7, 11) is 1.69. The van der Waals surface area contributed by atoms with Gasteiger partial charge in [0.1, 0.15) is 10.9 Å². The first-order chi connectivity index (χ1) is 13.4. The predicted octanol–water partition coefficient (Wildman–Crippen LogP) is 3.73. The molecule has 146 valence electrons. The van der Waals surface area contributed by atoms with Crippen molar-refractivity contribution in [3.63, 3.8) is 0 Å². The molecule has 0 bridgehead atoms. The monoisotopic (exact) mass is 413 g/mol. The standard InChI is InChI=1S/C21H23N3O2S2/c1-14-7-9-23(10-8-14)19(25)13-24-12-15(16-5-3-4-6-17(16)24)11-18-20(26)22(2)21(27)28-18/h3-6,11-12,14H,7-10,13H2,1-2H3/b18-11-. The molecule has 7 heteroatoms. The molecule has 2 aliphatic heterocycles. The molecule has 4 rings (SSSR count). The Morgan fingerprint density at radius 3 is 2.68 bits per heavy atom. The topological polar surface area (TPSA) is 45.6 Å². The van der Waals surface area contributed by atoms with Gasteiger partial charge in [0.15, 0.2) is 0 Å². The molecule has 1 aromatic carbocycles. The van der Waals surface area contributed by atoms with E-state index in [2.05, 4.69) is 6.92 Å². The third kappa shape index (κ3) is 3.61. The van der Waals surface area contributed by atoms with Crippen molar-refractivity contribution in [1.82, 2.24) is 14.4 Å². The summed E-state index contributed by atoms with van der Waals surface area (Å²) in [6, 6.07) is 7.99. The maximum atomic E-state index is 12.8. The van der Waals surface area contributed by atoms with Crippen LogP contribution in [0.3, 0.4) is 0 Å². The van der Waals surface area contributed by atoms with Crippen LogP contribution in [-0.2, 0) is 16.1 Å². The molecule has 2 aliphatic rings. The van der Waals surface area contributed by atoms with Crippen LogP contribution in [0.4, 0.5) is 0 Å². The zero-order valence-corrected chi connectivity index (χ0v) is 17.7. The Hall–Kier alpha value is -2.12. The van der Waals surface area contributed by atoms with Crippen LogP contribution in [-0.4, -0.2) is 50.6 Å². The van der Waals surface area contributed by atoms with E-state index in [0.717, 1.165) is 42.4 Å². The van der Waals surface area contributed by atoms with Crippen LogP contribution in [0.1, 0.15) is 25.3 Å². The number of carbonyl (C=O) groups is 2. The highest BCUT2D eigenvalue weighted by atomic mass is 32.2. The molecular formula is C21H23N3O2S2. The van der Waals surface area contributed by atoms with E-state index in [1.165, 1.54) is 16.7 Å². The van der Waals surface area contributed by atoms with E-state index in [0.29, 0.717) is 21.7 Å². The van der Waals surface area contributed by atoms with Crippen LogP contribution >= 0.6 is 24.0 Å². The Bertz CT molecular complexity index is 987. The smallest absolute Gasteiger partial charge is 0.265 e. The number of hydrogen-bond donors (Lipinski definition) is 0. The van der Waals surface area contributed by atoms with Gasteiger partial charge in [-0.05, 0) is 30.9 Å². The molecule has 2 saturated heterocycles. The molecule has 0 unspecified atom stereocenters. The van der Waals surface area contributed by atoms with Crippen LogP contribution in [0.2, 0.25) is 0 Å². The van der Waals surface area contributed by atoms with Gasteiger partial charge in [-0.25, -0.2) is 0 Å². The summed E-state index contributed by atoms with van der Waals surface area (Å²) in [5.74, 6) is 0.768. The van der Waals surface area contributed by atoms with Gasteiger partial charge < -0.3 is 9.47 Å². The summed E-state index contributed by atoms with van der Waals surface area (Å²) >= 11 is 6.54. The quantitative estimate of drug-likeness (QED) is 0.568. The minimum atomic E-state index is -0.0784. The lowest BCUT2D eigenvalue weighted by atomic mass is 9.99. The Labute approximate surface area is 174 Å². The molecule has 0 atom stereocenters. The number of para-hydroxylation sites is 1. The summed E-state index contributed by atoms with van der Waals surface area (Å²) < 4.78 is 2.56. The molecule has 5 nitrogen and oxygen atoms in total. The van der Waals surface area contributed by atoms with Crippen molar-refractivity contribution < 1.29 is 9.59 Å². The van der Waals surface area contributed by atoms with Gasteiger partial charge in [0.25, 0.3) is 5.91 Å². The fourth-order valence-corrected chi connectivity index (χ4v) is 4.88. The average Bonchev–Trinajstić information content (AvgIpc) is 3.15. The molecule has 0 aliphatic carbocycles. The van der Waals surface area contributed by atoms with Crippen molar-refractivity contribution in [2.24, 2.45) is 5.92 Å². The van der Waals surface area contributed by atoms with Gasteiger partial charge >= 0.3 is 0 Å². The van der Waals surface area contributed by atoms with E-state index >= 15 is 0 Å². The largest absolute Gasteiger partial charge is 0.341 e. The van der Waals surface area contributed by atoms with Crippen molar-refractivity contribution >= 4 is 57.1 Å². The van der Waals surface area contributed by atoms with Crippen LogP contribution in [0.25, 0.3) is 17.0 Å². The number of rotatable bonds is 3. The first-order valence-corrected chi connectivity index (χ1v) is 10.7. The second-order valence-electron chi connectivity index (χ2n) is 7.53. The number of likely N-dealkylation sites (tertiary alicyclic amines) is 1. The summed E-state index contributed by atoms with van der Waals surface area (Å²) in [5, 5.41) is 1.03. The van der Waals surface area contributed by atoms with E-state index in [4.69, 9.17) is 12.2 Å². The Balaban J connectivity index is 1.63. The van der Waals surface area contributed by atoms with Gasteiger partial charge in [0.2, 0.25) is 5.91 Å². The number of thioether (sulfide) groups is 1. The third-order valence-electron chi connectivity index (χ3n) is 5.53. The number of aromatic nitrogens is 1. The highest BCUT2D eigenvalue weighted by Gasteiger charge is 2.29. The van der Waals surface area contributed by atoms with Crippen LogP contribution in [0.15, 0.2) is 35.4 Å². The number of benzene rings is 1. The van der Waals surface area contributed by atoms with Gasteiger partial charge in [0.05, 0.1) is 4.91 Å². The van der Waals surface area contributed by atoms with Crippen molar-refractivity contribution in [1.29, 1.82) is 0 Å². The second kappa shape index (κ2) is 7.72. The zero-order chi connectivity index (χ0) is 19.8. The minimum absolute atomic E-state index is 0.0784. The predicted molar refractivity (Wildman–Crippen MR) is 118 cm³/mol. The lowest BCUT2D eigenvalue weighted by Crippen LogP contribution is -2.39. The highest BCUT2D eigenvalue weighted by Crippen LogP contribution is 2.33. The Kier molecular flexibility index (Phi) is 5.29. The van der Waals surface area contributed by atoms with E-state index in [-0.39, 0.29) is 11.8 Å². The minimum Gasteiger partial charge on any atom is -0.341 e. The number of thiocarbonyl (C=S) groups is 1. The van der Waals surface area contributed by atoms with Gasteiger partial charge in [-0.2, -0.15) is 0 Å². The van der Waals surface area contributed by atoms with E-state index in [1.54, 1.807) is 7.05 Å². The molecule has 0 saturated carbocycles. The molecule has 2 amide bonds. The van der Waals surface area contributed by atoms with Crippen LogP contribution < -0.4 is 0 Å². The van der Waals surface area contributed by atoms with Crippen LogP contribution in [0.5, 0.6) is 0 Å². The number of piperidine rings is 1. The number of hydrogen-bond acceptors (Lipinski definition) is 4. The molecule has 2 aromatic rings. The van der Waals surface area contributed by atoms with Crippen LogP contribution in [0, 0.1) is 5.92 Å². The lowest BCUT2D eigenvalue weighted by molar-refractivity contribution is -0.133. The van der Waals surface area contributed by atoms with Crippen molar-refractivity contribution in [2.75, 3.05) is 20.1 Å². The van der Waals surface area contributed by atoms with Gasteiger partial charge in [-0.15, -0.1) is 0 Å². The SMILES string of the molecule is CC1CCN(C(=O)Cn2cc(/C=C3\SC(=S)N(C)C3=O)c3ccccc32)CC1. The fraction of sp³-hybridized carbons (Fsp3) is 0.381. The summed E-state index contributed by atoms with van der Waals surface area (Å²) in [6.07, 6.45) is 6.00. The first kappa shape index (κ1) is 19.2. The summed E-state index contributed by atoms with van der Waals surface area (Å²) in [5.41, 5.74) is 1.93. The number of nitrogens with zero attached hydrogens (tertiary/aromatic N) is 3. The zero-order valence-electron chi connectivity index (χ0n) is 16.1. The molecule has 1 aromatic heterocycles. The molecule has 3 heterocycles.